The molecule has 120 valence electrons. The number of unbranched alkanes of at least 4 members (excludes halogenated alkanes) is 2. The van der Waals surface area contributed by atoms with Gasteiger partial charge in [-0.05, 0) is 0 Å². The van der Waals surface area contributed by atoms with E-state index in [-0.39, 0.29) is 14.5 Å². The van der Waals surface area contributed by atoms with E-state index in [1.165, 1.54) is 0 Å². The predicted octanol–water partition coefficient (Wildman–Crippen LogP) is 3.25. The Bertz CT molecular complexity index is 747. The van der Waals surface area contributed by atoms with Gasteiger partial charge in [0.2, 0.25) is 0 Å². The van der Waals surface area contributed by atoms with Crippen molar-refractivity contribution in [3.05, 3.63) is 33.9 Å². The summed E-state index contributed by atoms with van der Waals surface area (Å²) < 4.78 is 6.77. The molecule has 0 aliphatic rings. The van der Waals surface area contributed by atoms with Gasteiger partial charge in [-0.25, -0.2) is 0 Å². The van der Waals surface area contributed by atoms with Crippen LogP contribution in [0.5, 0.6) is 5.75 Å². The molecule has 1 N–H and O–H groups in total. The van der Waals surface area contributed by atoms with E-state index in [9.17, 15) is 10.1 Å². The normalized spacial score (nSPS) is 10.3. The molecule has 0 aliphatic heterocycles. The Morgan fingerprint density at radius 3 is 2.83 bits per heavy atom. The summed E-state index contributed by atoms with van der Waals surface area (Å²) in [6.07, 6.45) is 3.18. The molecule has 0 spiro atoms. The second-order valence-corrected chi connectivity index (χ2v) is 7.21. The van der Waals surface area contributed by atoms with Gasteiger partial charge in [0.15, 0.2) is 0 Å². The fourth-order valence-electron chi connectivity index (χ4n) is 2.13. The molecule has 0 amide bonds. The number of carbonyl (C=O) groups is 1. The molecule has 0 bridgehead atoms. The van der Waals surface area contributed by atoms with Crippen LogP contribution in [0.4, 0.5) is 0 Å². The number of carboxylic acids is 1. The molecule has 2 rings (SSSR count). The topological polar surface area (TPSA) is 83.2 Å². The molecular weight excluding hydrogens is 359 g/mol. The number of aryl methyl sites for hydroxylation is 1. The first-order valence-electron chi connectivity index (χ1n) is 7.44. The second kappa shape index (κ2) is 7.96. The molecule has 2 aromatic rings. The Kier molecular flexibility index (Phi) is 5.97. The van der Waals surface area contributed by atoms with E-state index in [1.54, 1.807) is 19.1 Å². The minimum absolute atomic E-state index is 0.341. The number of hydrogen-bond acceptors (Lipinski definition) is 4. The number of rotatable bonds is 7. The molecule has 0 saturated heterocycles. The molecule has 0 unspecified atom stereocenters. The maximum atomic E-state index is 11.1. The van der Waals surface area contributed by atoms with E-state index < -0.39 is 5.97 Å². The van der Waals surface area contributed by atoms with Gasteiger partial charge in [0.1, 0.15) is 0 Å². The first-order chi connectivity index (χ1) is 11.1. The van der Waals surface area contributed by atoms with Crippen LogP contribution in [0.3, 0.4) is 0 Å². The van der Waals surface area contributed by atoms with Gasteiger partial charge in [-0.3, -0.25) is 0 Å². The fraction of sp³-hybridized carbons (Fsp3) is 0.353. The second-order valence-electron chi connectivity index (χ2n) is 5.12. The van der Waals surface area contributed by atoms with Crippen LogP contribution in [-0.2, 0) is 0 Å². The zero-order valence-electron chi connectivity index (χ0n) is 13.1. The molecule has 1 aromatic carbocycles. The SMILES string of the molecule is CCCCCOc1ccc(-c2nc(C)c(C(=O)O)[se]2)cc1C#N. The van der Waals surface area contributed by atoms with Crippen molar-refractivity contribution in [2.24, 2.45) is 0 Å². The van der Waals surface area contributed by atoms with Gasteiger partial charge >= 0.3 is 141 Å². The molecule has 5 nitrogen and oxygen atoms in total. The Labute approximate surface area is 141 Å². The molecule has 0 saturated carbocycles. The molecule has 0 fully saturated rings. The van der Waals surface area contributed by atoms with E-state index in [1.807, 2.05) is 6.07 Å². The molecule has 23 heavy (non-hydrogen) atoms. The van der Waals surface area contributed by atoms with Crippen LogP contribution < -0.4 is 4.74 Å². The minimum atomic E-state index is -0.919. The van der Waals surface area contributed by atoms with E-state index >= 15 is 0 Å². The number of nitriles is 1. The molecule has 1 aromatic heterocycles. The molecule has 1 heterocycles. The van der Waals surface area contributed by atoms with Gasteiger partial charge in [0.25, 0.3) is 0 Å². The monoisotopic (exact) mass is 378 g/mol. The maximum absolute atomic E-state index is 11.1. The Hall–Kier alpha value is -2.09. The van der Waals surface area contributed by atoms with E-state index in [4.69, 9.17) is 9.84 Å². The molecule has 0 radical (unpaired) electrons. The third-order valence-corrected chi connectivity index (χ3v) is 5.85. The molecular formula is C17H18N2O3Se. The van der Waals surface area contributed by atoms with Gasteiger partial charge in [0, 0.05) is 0 Å². The van der Waals surface area contributed by atoms with Crippen LogP contribution in [0.1, 0.15) is 46.7 Å². The van der Waals surface area contributed by atoms with Gasteiger partial charge in [0.05, 0.1) is 0 Å². The van der Waals surface area contributed by atoms with Crippen molar-refractivity contribution in [2.75, 3.05) is 6.61 Å². The van der Waals surface area contributed by atoms with Gasteiger partial charge < -0.3 is 0 Å². The number of nitrogens with zero attached hydrogens (tertiary/aromatic N) is 2. The Morgan fingerprint density at radius 1 is 1.43 bits per heavy atom. The van der Waals surface area contributed by atoms with Crippen molar-refractivity contribution >= 4 is 20.5 Å². The van der Waals surface area contributed by atoms with Crippen LogP contribution >= 0.6 is 0 Å². The van der Waals surface area contributed by atoms with Crippen LogP contribution in [0.25, 0.3) is 10.1 Å². The van der Waals surface area contributed by atoms with Crippen LogP contribution in [0.2, 0.25) is 0 Å². The summed E-state index contributed by atoms with van der Waals surface area (Å²) in [6.45, 7) is 4.42. The average Bonchev–Trinajstić information content (AvgIpc) is 2.93. The first-order valence-corrected chi connectivity index (χ1v) is 9.16. The summed E-state index contributed by atoms with van der Waals surface area (Å²) in [6, 6.07) is 7.48. The van der Waals surface area contributed by atoms with E-state index in [0.717, 1.165) is 29.4 Å². The summed E-state index contributed by atoms with van der Waals surface area (Å²) in [5.41, 5.74) is 1.79. The third-order valence-electron chi connectivity index (χ3n) is 3.34. The third kappa shape index (κ3) is 4.22. The molecule has 0 atom stereocenters. The van der Waals surface area contributed by atoms with Gasteiger partial charge in [-0.2, -0.15) is 0 Å². The standard InChI is InChI=1S/C17H18N2O3Se/c1-3-4-5-8-22-14-7-6-12(9-13(14)10-18)16-19-11(2)15(23-16)17(20)21/h6-7,9H,3-5,8H2,1-2H3,(H,20,21). The quantitative estimate of drug-likeness (QED) is 0.592. The van der Waals surface area contributed by atoms with Crippen molar-refractivity contribution < 1.29 is 14.6 Å². The number of hydrogen-bond donors (Lipinski definition) is 1. The van der Waals surface area contributed by atoms with Crippen LogP contribution in [-0.4, -0.2) is 37.2 Å². The number of carboxylic acid groups (broad SMARTS) is 1. The molecule has 0 aliphatic carbocycles. The van der Waals surface area contributed by atoms with Gasteiger partial charge in [-0.1, -0.05) is 0 Å². The van der Waals surface area contributed by atoms with Crippen molar-refractivity contribution in [3.8, 4) is 22.0 Å². The fourth-order valence-corrected chi connectivity index (χ4v) is 4.02. The summed E-state index contributed by atoms with van der Waals surface area (Å²) in [5, 5.41) is 18.5. The number of benzene rings is 1. The first kappa shape index (κ1) is 17.3. The summed E-state index contributed by atoms with van der Waals surface area (Å²) >= 11 is -0.341. The Balaban J connectivity index is 2.23. The van der Waals surface area contributed by atoms with Crippen molar-refractivity contribution in [2.45, 2.75) is 33.1 Å². The van der Waals surface area contributed by atoms with Crippen molar-refractivity contribution in [3.63, 3.8) is 0 Å². The van der Waals surface area contributed by atoms with Crippen LogP contribution in [0, 0.1) is 18.3 Å². The van der Waals surface area contributed by atoms with Crippen molar-refractivity contribution in [1.29, 1.82) is 5.26 Å². The Morgan fingerprint density at radius 2 is 2.22 bits per heavy atom. The van der Waals surface area contributed by atoms with Crippen LogP contribution in [0.15, 0.2) is 18.2 Å². The average molecular weight is 377 g/mol. The predicted molar refractivity (Wildman–Crippen MR) is 88.0 cm³/mol. The number of aromatic carboxylic acids is 1. The summed E-state index contributed by atoms with van der Waals surface area (Å²) in [7, 11) is 0. The van der Waals surface area contributed by atoms with E-state index in [0.29, 0.717) is 28.1 Å². The summed E-state index contributed by atoms with van der Waals surface area (Å²) in [4.78, 5) is 15.5. The number of ether oxygens (including phenoxy) is 1. The zero-order valence-corrected chi connectivity index (χ0v) is 14.8. The molecule has 6 heteroatoms. The summed E-state index contributed by atoms with van der Waals surface area (Å²) in [5.74, 6) is -0.348. The van der Waals surface area contributed by atoms with Crippen molar-refractivity contribution in [1.82, 2.24) is 4.98 Å². The van der Waals surface area contributed by atoms with Gasteiger partial charge in [-0.15, -0.1) is 0 Å². The number of aromatic nitrogens is 1. The van der Waals surface area contributed by atoms with E-state index in [2.05, 4.69) is 18.0 Å². The zero-order chi connectivity index (χ0) is 16.8.